The van der Waals surface area contributed by atoms with E-state index in [1.54, 1.807) is 0 Å². The molecule has 2 N–H and O–H groups in total. The number of benzene rings is 1. The first-order chi connectivity index (χ1) is 8.38. The summed E-state index contributed by atoms with van der Waals surface area (Å²) in [5, 5.41) is 12.0. The summed E-state index contributed by atoms with van der Waals surface area (Å²) in [6.07, 6.45) is 7.57. The van der Waals surface area contributed by atoms with Gasteiger partial charge in [-0.05, 0) is 49.3 Å². The van der Waals surface area contributed by atoms with Crippen LogP contribution in [-0.4, -0.2) is 16.2 Å². The van der Waals surface area contributed by atoms with Crippen LogP contribution in [0.5, 0.6) is 0 Å². The van der Waals surface area contributed by atoms with Crippen LogP contribution in [0.4, 0.5) is 5.69 Å². The summed E-state index contributed by atoms with van der Waals surface area (Å²) in [5.41, 5.74) is 2.36. The van der Waals surface area contributed by atoms with Crippen LogP contribution in [0.1, 0.15) is 25.7 Å². The fourth-order valence-corrected chi connectivity index (χ4v) is 3.66. The van der Waals surface area contributed by atoms with Crippen molar-refractivity contribution in [2.75, 3.05) is 5.32 Å². The molecule has 3 unspecified atom stereocenters. The minimum absolute atomic E-state index is 0.703. The van der Waals surface area contributed by atoms with E-state index in [2.05, 4.69) is 33.7 Å². The lowest BCUT2D eigenvalue weighted by Crippen LogP contribution is -2.25. The highest BCUT2D eigenvalue weighted by molar-refractivity contribution is 5.81. The van der Waals surface area contributed by atoms with Crippen LogP contribution >= 0.6 is 0 Å². The molecule has 0 aliphatic heterocycles. The summed E-state index contributed by atoms with van der Waals surface area (Å²) in [5.74, 6) is 1.91. The van der Waals surface area contributed by atoms with Gasteiger partial charge >= 0.3 is 0 Å². The van der Waals surface area contributed by atoms with E-state index in [0.29, 0.717) is 6.04 Å². The molecule has 17 heavy (non-hydrogen) atoms. The van der Waals surface area contributed by atoms with Gasteiger partial charge in [0.15, 0.2) is 0 Å². The molecule has 4 rings (SSSR count). The van der Waals surface area contributed by atoms with Crippen molar-refractivity contribution < 1.29 is 0 Å². The number of fused-ring (bicyclic) bond motifs is 3. The van der Waals surface area contributed by atoms with Crippen LogP contribution in [0.3, 0.4) is 0 Å². The molecule has 0 spiro atoms. The number of H-pyrrole nitrogens is 1. The maximum atomic E-state index is 4.06. The van der Waals surface area contributed by atoms with E-state index >= 15 is 0 Å². The second kappa shape index (κ2) is 3.49. The molecule has 3 heteroatoms. The normalized spacial score (nSPS) is 31.2. The first-order valence-electron chi connectivity index (χ1n) is 6.58. The molecule has 0 amide bonds. The molecular formula is C14H17N3. The third-order valence-corrected chi connectivity index (χ3v) is 4.53. The predicted octanol–water partition coefficient (Wildman–Crippen LogP) is 3.16. The van der Waals surface area contributed by atoms with Crippen LogP contribution in [-0.2, 0) is 0 Å². The minimum atomic E-state index is 0.703. The van der Waals surface area contributed by atoms with Crippen molar-refractivity contribution in [2.45, 2.75) is 31.7 Å². The Morgan fingerprint density at radius 2 is 2.24 bits per heavy atom. The lowest BCUT2D eigenvalue weighted by molar-refractivity contribution is 0.440. The smallest absolute Gasteiger partial charge is 0.0670 e. The Kier molecular flexibility index (Phi) is 1.95. The third-order valence-electron chi connectivity index (χ3n) is 4.53. The molecule has 2 aliphatic carbocycles. The van der Waals surface area contributed by atoms with Gasteiger partial charge in [0, 0.05) is 17.1 Å². The van der Waals surface area contributed by atoms with Gasteiger partial charge in [0.25, 0.3) is 0 Å². The highest BCUT2D eigenvalue weighted by atomic mass is 15.1. The van der Waals surface area contributed by atoms with Gasteiger partial charge in [0.2, 0.25) is 0 Å². The monoisotopic (exact) mass is 227 g/mol. The summed E-state index contributed by atoms with van der Waals surface area (Å²) in [7, 11) is 0. The number of nitrogens with one attached hydrogen (secondary N) is 2. The fourth-order valence-electron chi connectivity index (χ4n) is 3.66. The topological polar surface area (TPSA) is 40.7 Å². The SMILES string of the molecule is c1cc2cn[nH]c2cc1NC1CC2CCC1C2. The van der Waals surface area contributed by atoms with Crippen LogP contribution in [0.15, 0.2) is 24.4 Å². The molecule has 0 radical (unpaired) electrons. The number of anilines is 1. The molecule has 2 bridgehead atoms. The van der Waals surface area contributed by atoms with E-state index in [4.69, 9.17) is 0 Å². The Bertz CT molecular complexity index is 545. The molecule has 0 saturated heterocycles. The van der Waals surface area contributed by atoms with Crippen molar-refractivity contribution in [1.82, 2.24) is 10.2 Å². The molecule has 3 atom stereocenters. The fraction of sp³-hybridized carbons (Fsp3) is 0.500. The average molecular weight is 227 g/mol. The van der Waals surface area contributed by atoms with Gasteiger partial charge in [-0.15, -0.1) is 0 Å². The second-order valence-electron chi connectivity index (χ2n) is 5.60. The third kappa shape index (κ3) is 1.53. The largest absolute Gasteiger partial charge is 0.382 e. The van der Waals surface area contributed by atoms with E-state index in [1.807, 2.05) is 6.20 Å². The van der Waals surface area contributed by atoms with Gasteiger partial charge < -0.3 is 5.32 Å². The Labute approximate surface area is 101 Å². The van der Waals surface area contributed by atoms with E-state index in [9.17, 15) is 0 Å². The Morgan fingerprint density at radius 1 is 1.24 bits per heavy atom. The Hall–Kier alpha value is -1.51. The van der Waals surface area contributed by atoms with Gasteiger partial charge in [0.1, 0.15) is 0 Å². The van der Waals surface area contributed by atoms with E-state index < -0.39 is 0 Å². The van der Waals surface area contributed by atoms with Crippen LogP contribution in [0, 0.1) is 11.8 Å². The molecule has 3 nitrogen and oxygen atoms in total. The number of aromatic nitrogens is 2. The first-order valence-corrected chi connectivity index (χ1v) is 6.58. The maximum Gasteiger partial charge on any atom is 0.0670 e. The van der Waals surface area contributed by atoms with Crippen LogP contribution in [0.2, 0.25) is 0 Å². The van der Waals surface area contributed by atoms with Gasteiger partial charge in [-0.1, -0.05) is 6.42 Å². The summed E-state index contributed by atoms with van der Waals surface area (Å²) in [6, 6.07) is 7.18. The number of rotatable bonds is 2. The summed E-state index contributed by atoms with van der Waals surface area (Å²) < 4.78 is 0. The molecule has 2 aliphatic rings. The number of hydrogen-bond donors (Lipinski definition) is 2. The molecular weight excluding hydrogens is 210 g/mol. The van der Waals surface area contributed by atoms with E-state index in [0.717, 1.165) is 17.4 Å². The molecule has 2 aromatic rings. The lowest BCUT2D eigenvalue weighted by Gasteiger charge is -2.24. The molecule has 1 aromatic heterocycles. The van der Waals surface area contributed by atoms with Crippen LogP contribution in [0.25, 0.3) is 10.9 Å². The van der Waals surface area contributed by atoms with Crippen molar-refractivity contribution in [3.8, 4) is 0 Å². The van der Waals surface area contributed by atoms with Gasteiger partial charge in [-0.2, -0.15) is 5.10 Å². The van der Waals surface area contributed by atoms with E-state index in [-0.39, 0.29) is 0 Å². The van der Waals surface area contributed by atoms with Gasteiger partial charge in [0.05, 0.1) is 11.7 Å². The summed E-state index contributed by atoms with van der Waals surface area (Å²) >= 11 is 0. The minimum Gasteiger partial charge on any atom is -0.382 e. The first kappa shape index (κ1) is 9.51. The zero-order valence-corrected chi connectivity index (χ0v) is 9.82. The Morgan fingerprint density at radius 3 is 3.06 bits per heavy atom. The van der Waals surface area contributed by atoms with Crippen molar-refractivity contribution in [1.29, 1.82) is 0 Å². The van der Waals surface area contributed by atoms with Crippen molar-refractivity contribution in [2.24, 2.45) is 11.8 Å². The van der Waals surface area contributed by atoms with Gasteiger partial charge in [-0.25, -0.2) is 0 Å². The zero-order chi connectivity index (χ0) is 11.2. The zero-order valence-electron chi connectivity index (χ0n) is 9.82. The summed E-state index contributed by atoms with van der Waals surface area (Å²) in [6.45, 7) is 0. The Balaban J connectivity index is 1.58. The number of aromatic amines is 1. The molecule has 1 aromatic carbocycles. The van der Waals surface area contributed by atoms with Crippen molar-refractivity contribution >= 4 is 16.6 Å². The quantitative estimate of drug-likeness (QED) is 0.827. The average Bonchev–Trinajstić information content (AvgIpc) is 3.03. The van der Waals surface area contributed by atoms with E-state index in [1.165, 1.54) is 36.8 Å². The lowest BCUT2D eigenvalue weighted by atomic mass is 9.95. The van der Waals surface area contributed by atoms with Gasteiger partial charge in [-0.3, -0.25) is 5.10 Å². The number of hydrogen-bond acceptors (Lipinski definition) is 2. The molecule has 1 heterocycles. The molecule has 2 saturated carbocycles. The standard InChI is InChI=1S/C14H17N3/c1-2-10-5-9(1)6-13(10)16-12-4-3-11-8-15-17-14(11)7-12/h3-4,7-10,13,16H,1-2,5-6H2,(H,15,17). The molecule has 88 valence electrons. The number of nitrogens with zero attached hydrogens (tertiary/aromatic N) is 1. The molecule has 2 fully saturated rings. The summed E-state index contributed by atoms with van der Waals surface area (Å²) in [4.78, 5) is 0. The van der Waals surface area contributed by atoms with Crippen LogP contribution < -0.4 is 5.32 Å². The van der Waals surface area contributed by atoms with Crippen molar-refractivity contribution in [3.63, 3.8) is 0 Å². The second-order valence-corrected chi connectivity index (χ2v) is 5.60. The predicted molar refractivity (Wildman–Crippen MR) is 69.0 cm³/mol. The highest BCUT2D eigenvalue weighted by Gasteiger charge is 2.39. The van der Waals surface area contributed by atoms with Crippen molar-refractivity contribution in [3.05, 3.63) is 24.4 Å². The highest BCUT2D eigenvalue weighted by Crippen LogP contribution is 2.45. The maximum absolute atomic E-state index is 4.06.